The van der Waals surface area contributed by atoms with Gasteiger partial charge in [0.2, 0.25) is 0 Å². The first-order valence-electron chi connectivity index (χ1n) is 7.21. The summed E-state index contributed by atoms with van der Waals surface area (Å²) in [5.74, 6) is 1.12. The fourth-order valence-corrected chi connectivity index (χ4v) is 2.80. The van der Waals surface area contributed by atoms with Crippen LogP contribution < -0.4 is 0 Å². The number of aryl methyl sites for hydroxylation is 3. The van der Waals surface area contributed by atoms with Crippen molar-refractivity contribution >= 4 is 6.21 Å². The molecule has 0 spiro atoms. The molecule has 0 saturated heterocycles. The van der Waals surface area contributed by atoms with Crippen LogP contribution in [0, 0.1) is 13.8 Å². The third kappa shape index (κ3) is 2.48. The van der Waals surface area contributed by atoms with Crippen molar-refractivity contribution in [2.24, 2.45) is 12.2 Å². The van der Waals surface area contributed by atoms with Crippen molar-refractivity contribution in [1.29, 1.82) is 0 Å². The molecule has 2 heterocycles. The molecule has 0 bridgehead atoms. The highest BCUT2D eigenvalue weighted by molar-refractivity contribution is 5.84. The number of hydrogen-bond donors (Lipinski definition) is 2. The lowest BCUT2D eigenvalue weighted by Gasteiger charge is -2.13. The van der Waals surface area contributed by atoms with Crippen LogP contribution >= 0.6 is 0 Å². The summed E-state index contributed by atoms with van der Waals surface area (Å²) in [6.07, 6.45) is 3.22. The Morgan fingerprint density at radius 3 is 2.39 bits per heavy atom. The molecular weight excluding hydrogens is 292 g/mol. The molecule has 2 N–H and O–H groups in total. The maximum absolute atomic E-state index is 9.51. The number of nitrogens with zero attached hydrogens (tertiary/aromatic N) is 4. The van der Waals surface area contributed by atoms with E-state index in [1.165, 1.54) is 6.21 Å². The average molecular weight is 310 g/mol. The number of aromatic nitrogens is 3. The molecule has 3 rings (SSSR count). The van der Waals surface area contributed by atoms with Gasteiger partial charge in [-0.15, -0.1) is 0 Å². The molecule has 0 aliphatic carbocycles. The summed E-state index contributed by atoms with van der Waals surface area (Å²) in [4.78, 5) is 0. The first-order chi connectivity index (χ1) is 11.0. The van der Waals surface area contributed by atoms with Crippen LogP contribution in [0.15, 0.2) is 41.7 Å². The number of aromatic hydroxyl groups is 1. The van der Waals surface area contributed by atoms with Gasteiger partial charge in [0.15, 0.2) is 0 Å². The summed E-state index contributed by atoms with van der Waals surface area (Å²) in [5, 5.41) is 26.0. The van der Waals surface area contributed by atoms with Crippen LogP contribution in [0.3, 0.4) is 0 Å². The monoisotopic (exact) mass is 310 g/mol. The van der Waals surface area contributed by atoms with Crippen molar-refractivity contribution in [1.82, 2.24) is 14.3 Å². The minimum absolute atomic E-state index is 0.220. The smallest absolute Gasteiger partial charge is 0.138 e. The van der Waals surface area contributed by atoms with E-state index in [9.17, 15) is 5.11 Å². The van der Waals surface area contributed by atoms with E-state index in [1.54, 1.807) is 23.0 Å². The Morgan fingerprint density at radius 1 is 1.13 bits per heavy atom. The van der Waals surface area contributed by atoms with Crippen LogP contribution in [0.2, 0.25) is 0 Å². The van der Waals surface area contributed by atoms with E-state index < -0.39 is 0 Å². The standard InChI is InChI=1S/C17H18N4O2/c1-11-8-15(13-4-6-14(22)7-5-13)21(16(11)10-19-23)17-12(2)9-18-20(17)3/h4-10,22-23H,1-3H3/b19-10+. The Labute approximate surface area is 133 Å². The molecule has 2 aromatic heterocycles. The molecule has 0 saturated carbocycles. The lowest BCUT2D eigenvalue weighted by atomic mass is 10.1. The van der Waals surface area contributed by atoms with Crippen molar-refractivity contribution in [2.45, 2.75) is 13.8 Å². The van der Waals surface area contributed by atoms with Gasteiger partial charge in [0.25, 0.3) is 0 Å². The molecule has 3 aromatic rings. The van der Waals surface area contributed by atoms with E-state index in [1.807, 2.05) is 43.7 Å². The lowest BCUT2D eigenvalue weighted by Crippen LogP contribution is -2.09. The Kier molecular flexibility index (Phi) is 3.65. The van der Waals surface area contributed by atoms with Gasteiger partial charge >= 0.3 is 0 Å². The molecule has 0 aliphatic rings. The predicted octanol–water partition coefficient (Wildman–Crippen LogP) is 3.01. The number of benzene rings is 1. The SMILES string of the molecule is Cc1cnn(C)c1-n1c(-c2ccc(O)cc2)cc(C)c1/C=N/O. The second-order valence-electron chi connectivity index (χ2n) is 5.50. The molecule has 1 aromatic carbocycles. The summed E-state index contributed by atoms with van der Waals surface area (Å²) >= 11 is 0. The molecule has 0 fully saturated rings. The molecule has 0 amide bonds. The number of phenols is 1. The molecule has 0 aliphatic heterocycles. The number of oxime groups is 1. The van der Waals surface area contributed by atoms with Crippen LogP contribution in [0.1, 0.15) is 16.8 Å². The first kappa shape index (κ1) is 14.9. The van der Waals surface area contributed by atoms with Gasteiger partial charge < -0.3 is 10.3 Å². The largest absolute Gasteiger partial charge is 0.508 e. The van der Waals surface area contributed by atoms with Gasteiger partial charge in [-0.25, -0.2) is 0 Å². The van der Waals surface area contributed by atoms with Crippen molar-refractivity contribution < 1.29 is 10.3 Å². The van der Waals surface area contributed by atoms with Crippen LogP contribution in [0.25, 0.3) is 17.1 Å². The highest BCUT2D eigenvalue weighted by Gasteiger charge is 2.18. The number of phenolic OH excluding ortho intramolecular Hbond substituents is 1. The third-order valence-corrected chi connectivity index (χ3v) is 3.88. The molecule has 0 radical (unpaired) electrons. The van der Waals surface area contributed by atoms with Gasteiger partial charge in [-0.1, -0.05) is 5.16 Å². The maximum atomic E-state index is 9.51. The van der Waals surface area contributed by atoms with Gasteiger partial charge in [0, 0.05) is 12.6 Å². The van der Waals surface area contributed by atoms with E-state index in [4.69, 9.17) is 5.21 Å². The lowest BCUT2D eigenvalue weighted by molar-refractivity contribution is 0.321. The van der Waals surface area contributed by atoms with Gasteiger partial charge in [0.1, 0.15) is 11.6 Å². The molecule has 118 valence electrons. The Morgan fingerprint density at radius 2 is 1.83 bits per heavy atom. The van der Waals surface area contributed by atoms with Crippen molar-refractivity contribution in [3.8, 4) is 22.8 Å². The highest BCUT2D eigenvalue weighted by atomic mass is 16.4. The van der Waals surface area contributed by atoms with E-state index in [0.29, 0.717) is 0 Å². The number of hydrogen-bond acceptors (Lipinski definition) is 4. The summed E-state index contributed by atoms with van der Waals surface area (Å²) in [6.45, 7) is 3.95. The zero-order valence-corrected chi connectivity index (χ0v) is 13.2. The molecule has 23 heavy (non-hydrogen) atoms. The summed E-state index contributed by atoms with van der Waals surface area (Å²) in [5.41, 5.74) is 4.65. The normalized spacial score (nSPS) is 11.4. The zero-order valence-electron chi connectivity index (χ0n) is 13.2. The van der Waals surface area contributed by atoms with Crippen LogP contribution in [-0.4, -0.2) is 30.9 Å². The second kappa shape index (κ2) is 5.64. The van der Waals surface area contributed by atoms with Crippen molar-refractivity contribution in [3.63, 3.8) is 0 Å². The van der Waals surface area contributed by atoms with E-state index in [0.717, 1.165) is 33.9 Å². The fraction of sp³-hybridized carbons (Fsp3) is 0.176. The van der Waals surface area contributed by atoms with Gasteiger partial charge in [-0.3, -0.25) is 9.25 Å². The first-order valence-corrected chi connectivity index (χ1v) is 7.21. The minimum Gasteiger partial charge on any atom is -0.508 e. The predicted molar refractivity (Wildman–Crippen MR) is 88.5 cm³/mol. The molecule has 0 unspecified atom stereocenters. The van der Waals surface area contributed by atoms with E-state index in [-0.39, 0.29) is 5.75 Å². The minimum atomic E-state index is 0.220. The van der Waals surface area contributed by atoms with Crippen LogP contribution in [0.4, 0.5) is 0 Å². The summed E-state index contributed by atoms with van der Waals surface area (Å²) in [6, 6.07) is 9.03. The fourth-order valence-electron chi connectivity index (χ4n) is 2.80. The molecular formula is C17H18N4O2. The molecule has 6 heteroatoms. The quantitative estimate of drug-likeness (QED) is 0.443. The highest BCUT2D eigenvalue weighted by Crippen LogP contribution is 2.30. The van der Waals surface area contributed by atoms with E-state index >= 15 is 0 Å². The summed E-state index contributed by atoms with van der Waals surface area (Å²) in [7, 11) is 1.87. The topological polar surface area (TPSA) is 75.6 Å². The number of rotatable bonds is 3. The van der Waals surface area contributed by atoms with Gasteiger partial charge in [0.05, 0.1) is 23.8 Å². The zero-order chi connectivity index (χ0) is 16.6. The van der Waals surface area contributed by atoms with Crippen LogP contribution in [-0.2, 0) is 7.05 Å². The van der Waals surface area contributed by atoms with E-state index in [2.05, 4.69) is 10.3 Å². The Bertz CT molecular complexity index is 853. The third-order valence-electron chi connectivity index (χ3n) is 3.88. The average Bonchev–Trinajstić information content (AvgIpc) is 3.01. The molecule has 6 nitrogen and oxygen atoms in total. The Balaban J connectivity index is 2.33. The second-order valence-corrected chi connectivity index (χ2v) is 5.50. The maximum Gasteiger partial charge on any atom is 0.138 e. The van der Waals surface area contributed by atoms with Crippen molar-refractivity contribution in [2.75, 3.05) is 0 Å². The summed E-state index contributed by atoms with van der Waals surface area (Å²) < 4.78 is 3.79. The van der Waals surface area contributed by atoms with Gasteiger partial charge in [-0.05, 0) is 55.3 Å². The Hall–Kier alpha value is -3.02. The van der Waals surface area contributed by atoms with Crippen molar-refractivity contribution in [3.05, 3.63) is 53.3 Å². The van der Waals surface area contributed by atoms with Crippen LogP contribution in [0.5, 0.6) is 5.75 Å². The van der Waals surface area contributed by atoms with Gasteiger partial charge in [-0.2, -0.15) is 5.10 Å². The molecule has 0 atom stereocenters.